The van der Waals surface area contributed by atoms with Crippen molar-refractivity contribution >= 4 is 15.9 Å². The second-order valence-corrected chi connectivity index (χ2v) is 4.99. The topological polar surface area (TPSA) is 30.5 Å². The lowest BCUT2D eigenvalue weighted by atomic mass is 9.89. The van der Waals surface area contributed by atoms with Gasteiger partial charge in [-0.1, -0.05) is 6.07 Å². The van der Waals surface area contributed by atoms with Gasteiger partial charge in [0.2, 0.25) is 0 Å². The van der Waals surface area contributed by atoms with Crippen molar-refractivity contribution in [2.45, 2.75) is 12.0 Å². The summed E-state index contributed by atoms with van der Waals surface area (Å²) >= 11 is 3.45. The van der Waals surface area contributed by atoms with Gasteiger partial charge in [-0.15, -0.1) is 0 Å². The molecule has 4 heteroatoms. The molecule has 0 amide bonds. The summed E-state index contributed by atoms with van der Waals surface area (Å²) < 4.78 is 11.8. The molecule has 0 spiro atoms. The Balaban J connectivity index is 2.15. The highest BCUT2D eigenvalue weighted by Crippen LogP contribution is 2.29. The molecule has 0 aliphatic carbocycles. The fourth-order valence-corrected chi connectivity index (χ4v) is 2.34. The summed E-state index contributed by atoms with van der Waals surface area (Å²) in [4.78, 5) is 0. The number of nitrogens with one attached hydrogen (secondary N) is 1. The lowest BCUT2D eigenvalue weighted by Gasteiger charge is -2.41. The van der Waals surface area contributed by atoms with Gasteiger partial charge in [0.25, 0.3) is 0 Å². The molecule has 1 fully saturated rings. The zero-order valence-corrected chi connectivity index (χ0v) is 11.1. The SMILES string of the molecule is COc1cc(CC2(OC)CNC2)ccc1Br. The van der Waals surface area contributed by atoms with Crippen LogP contribution in [0.25, 0.3) is 0 Å². The van der Waals surface area contributed by atoms with Crippen molar-refractivity contribution in [1.82, 2.24) is 5.32 Å². The second kappa shape index (κ2) is 4.73. The van der Waals surface area contributed by atoms with Gasteiger partial charge in [-0.2, -0.15) is 0 Å². The first-order chi connectivity index (χ1) is 7.69. The number of methoxy groups -OCH3 is 2. The van der Waals surface area contributed by atoms with Crippen molar-refractivity contribution in [2.75, 3.05) is 27.3 Å². The fourth-order valence-electron chi connectivity index (χ4n) is 1.93. The molecule has 88 valence electrons. The highest BCUT2D eigenvalue weighted by atomic mass is 79.9. The molecule has 0 atom stereocenters. The summed E-state index contributed by atoms with van der Waals surface area (Å²) in [6.07, 6.45) is 0.917. The fraction of sp³-hybridized carbons (Fsp3) is 0.500. The molecule has 0 unspecified atom stereocenters. The molecule has 1 aliphatic heterocycles. The van der Waals surface area contributed by atoms with Crippen LogP contribution in [-0.4, -0.2) is 32.9 Å². The summed E-state index contributed by atoms with van der Waals surface area (Å²) in [7, 11) is 3.46. The van der Waals surface area contributed by atoms with Gasteiger partial charge in [-0.25, -0.2) is 0 Å². The van der Waals surface area contributed by atoms with E-state index in [0.29, 0.717) is 0 Å². The van der Waals surface area contributed by atoms with E-state index in [1.807, 2.05) is 6.07 Å². The van der Waals surface area contributed by atoms with Gasteiger partial charge in [-0.3, -0.25) is 0 Å². The van der Waals surface area contributed by atoms with E-state index in [4.69, 9.17) is 9.47 Å². The van der Waals surface area contributed by atoms with E-state index in [-0.39, 0.29) is 5.60 Å². The van der Waals surface area contributed by atoms with Gasteiger partial charge in [0, 0.05) is 26.6 Å². The predicted octanol–water partition coefficient (Wildman–Crippen LogP) is 1.99. The van der Waals surface area contributed by atoms with Crippen LogP contribution in [0.1, 0.15) is 5.56 Å². The molecule has 2 rings (SSSR count). The zero-order chi connectivity index (χ0) is 11.6. The maximum Gasteiger partial charge on any atom is 0.133 e. The Morgan fingerprint density at radius 1 is 1.38 bits per heavy atom. The molecule has 1 aromatic carbocycles. The first-order valence-corrected chi connectivity index (χ1v) is 6.07. The van der Waals surface area contributed by atoms with E-state index in [1.54, 1.807) is 14.2 Å². The number of hydrogen-bond acceptors (Lipinski definition) is 3. The predicted molar refractivity (Wildman–Crippen MR) is 67.0 cm³/mol. The molecule has 1 heterocycles. The molecule has 1 aromatic rings. The number of benzene rings is 1. The Bertz CT molecular complexity index is 372. The van der Waals surface area contributed by atoms with Crippen molar-refractivity contribution in [3.05, 3.63) is 28.2 Å². The van der Waals surface area contributed by atoms with Gasteiger partial charge >= 0.3 is 0 Å². The molecule has 16 heavy (non-hydrogen) atoms. The summed E-state index contributed by atoms with van der Waals surface area (Å²) in [6.45, 7) is 1.84. The maximum atomic E-state index is 5.57. The van der Waals surface area contributed by atoms with E-state index < -0.39 is 0 Å². The van der Waals surface area contributed by atoms with Gasteiger partial charge < -0.3 is 14.8 Å². The average molecular weight is 286 g/mol. The van der Waals surface area contributed by atoms with Gasteiger partial charge in [0.05, 0.1) is 17.2 Å². The number of ether oxygens (including phenoxy) is 2. The van der Waals surface area contributed by atoms with Crippen LogP contribution >= 0.6 is 15.9 Å². The normalized spacial score (nSPS) is 17.9. The minimum Gasteiger partial charge on any atom is -0.496 e. The Morgan fingerprint density at radius 3 is 2.62 bits per heavy atom. The molecule has 0 aromatic heterocycles. The quantitative estimate of drug-likeness (QED) is 0.918. The molecular formula is C12H16BrNO2. The molecule has 0 bridgehead atoms. The summed E-state index contributed by atoms with van der Waals surface area (Å²) in [6, 6.07) is 6.18. The van der Waals surface area contributed by atoms with Gasteiger partial charge in [-0.05, 0) is 33.6 Å². The van der Waals surface area contributed by atoms with Crippen LogP contribution in [-0.2, 0) is 11.2 Å². The third kappa shape index (κ3) is 2.24. The Kier molecular flexibility index (Phi) is 3.52. The van der Waals surface area contributed by atoms with Crippen LogP contribution in [0.5, 0.6) is 5.75 Å². The van der Waals surface area contributed by atoms with Crippen molar-refractivity contribution in [1.29, 1.82) is 0 Å². The number of rotatable bonds is 4. The van der Waals surface area contributed by atoms with E-state index in [1.165, 1.54) is 5.56 Å². The van der Waals surface area contributed by atoms with E-state index >= 15 is 0 Å². The van der Waals surface area contributed by atoms with E-state index in [0.717, 1.165) is 29.7 Å². The smallest absolute Gasteiger partial charge is 0.133 e. The Morgan fingerprint density at radius 2 is 2.12 bits per heavy atom. The number of halogens is 1. The van der Waals surface area contributed by atoms with Crippen LogP contribution in [0.3, 0.4) is 0 Å². The first-order valence-electron chi connectivity index (χ1n) is 5.27. The maximum absolute atomic E-state index is 5.57. The van der Waals surface area contributed by atoms with Gasteiger partial charge in [0.1, 0.15) is 5.75 Å². The van der Waals surface area contributed by atoms with Gasteiger partial charge in [0.15, 0.2) is 0 Å². The van der Waals surface area contributed by atoms with Crippen LogP contribution < -0.4 is 10.1 Å². The molecular weight excluding hydrogens is 270 g/mol. The van der Waals surface area contributed by atoms with Crippen LogP contribution in [0, 0.1) is 0 Å². The molecule has 1 N–H and O–H groups in total. The molecule has 0 radical (unpaired) electrons. The largest absolute Gasteiger partial charge is 0.496 e. The standard InChI is InChI=1S/C12H16BrNO2/c1-15-11-5-9(3-4-10(11)13)6-12(16-2)7-14-8-12/h3-5,14H,6-8H2,1-2H3. The summed E-state index contributed by atoms with van der Waals surface area (Å²) in [5, 5.41) is 3.25. The molecule has 3 nitrogen and oxygen atoms in total. The lowest BCUT2D eigenvalue weighted by molar-refractivity contribution is -0.0502. The van der Waals surface area contributed by atoms with E-state index in [9.17, 15) is 0 Å². The Hall–Kier alpha value is -0.580. The van der Waals surface area contributed by atoms with Crippen molar-refractivity contribution in [3.8, 4) is 5.75 Å². The average Bonchev–Trinajstić information content (AvgIpc) is 2.25. The lowest BCUT2D eigenvalue weighted by Crippen LogP contribution is -2.61. The zero-order valence-electron chi connectivity index (χ0n) is 9.55. The van der Waals surface area contributed by atoms with Crippen LogP contribution in [0.15, 0.2) is 22.7 Å². The minimum absolute atomic E-state index is 0.0289. The van der Waals surface area contributed by atoms with E-state index in [2.05, 4.69) is 33.4 Å². The molecule has 1 saturated heterocycles. The third-order valence-electron chi connectivity index (χ3n) is 3.07. The Labute approximate surface area is 104 Å². The third-order valence-corrected chi connectivity index (χ3v) is 3.72. The van der Waals surface area contributed by atoms with Crippen molar-refractivity contribution in [3.63, 3.8) is 0 Å². The highest BCUT2D eigenvalue weighted by Gasteiger charge is 2.36. The monoisotopic (exact) mass is 285 g/mol. The highest BCUT2D eigenvalue weighted by molar-refractivity contribution is 9.10. The summed E-state index contributed by atoms with van der Waals surface area (Å²) in [5.41, 5.74) is 1.21. The van der Waals surface area contributed by atoms with Crippen LogP contribution in [0.4, 0.5) is 0 Å². The molecule has 0 saturated carbocycles. The second-order valence-electron chi connectivity index (χ2n) is 4.14. The molecule has 1 aliphatic rings. The van der Waals surface area contributed by atoms with Crippen molar-refractivity contribution in [2.24, 2.45) is 0 Å². The first kappa shape index (κ1) is 11.9. The minimum atomic E-state index is -0.0289. The van der Waals surface area contributed by atoms with Crippen molar-refractivity contribution < 1.29 is 9.47 Å². The summed E-state index contributed by atoms with van der Waals surface area (Å²) in [5.74, 6) is 0.871. The van der Waals surface area contributed by atoms with Crippen LogP contribution in [0.2, 0.25) is 0 Å². The number of hydrogen-bond donors (Lipinski definition) is 1.